The van der Waals surface area contributed by atoms with Gasteiger partial charge in [0.05, 0.1) is 5.75 Å². The fourth-order valence-electron chi connectivity index (χ4n) is 1.90. The predicted octanol–water partition coefficient (Wildman–Crippen LogP) is 2.85. The SMILES string of the molecule is O=C(CCCS(=O)(=O)Nc1ccccc1)Nc1ccccc1. The zero-order valence-electron chi connectivity index (χ0n) is 12.0. The third-order valence-corrected chi connectivity index (χ3v) is 4.29. The number of rotatable bonds is 7. The van der Waals surface area contributed by atoms with E-state index in [0.29, 0.717) is 11.4 Å². The number of sulfonamides is 1. The lowest BCUT2D eigenvalue weighted by atomic mass is 10.3. The van der Waals surface area contributed by atoms with E-state index in [1.54, 1.807) is 36.4 Å². The number of carbonyl (C=O) groups is 1. The molecule has 0 fully saturated rings. The van der Waals surface area contributed by atoms with E-state index in [-0.39, 0.29) is 24.5 Å². The minimum atomic E-state index is -3.43. The Morgan fingerprint density at radius 2 is 1.41 bits per heavy atom. The highest BCUT2D eigenvalue weighted by molar-refractivity contribution is 7.92. The van der Waals surface area contributed by atoms with Gasteiger partial charge in [-0.25, -0.2) is 8.42 Å². The number of benzene rings is 2. The maximum absolute atomic E-state index is 11.9. The molecule has 0 saturated carbocycles. The first-order valence-electron chi connectivity index (χ1n) is 6.96. The van der Waals surface area contributed by atoms with Crippen molar-refractivity contribution in [3.8, 4) is 0 Å². The van der Waals surface area contributed by atoms with Crippen molar-refractivity contribution in [3.05, 3.63) is 60.7 Å². The summed E-state index contributed by atoms with van der Waals surface area (Å²) >= 11 is 0. The number of hydrogen-bond donors (Lipinski definition) is 2. The molecule has 22 heavy (non-hydrogen) atoms. The first-order valence-corrected chi connectivity index (χ1v) is 8.61. The first-order chi connectivity index (χ1) is 10.6. The molecule has 2 aromatic carbocycles. The Kier molecular flexibility index (Phi) is 5.55. The van der Waals surface area contributed by atoms with Gasteiger partial charge in [0.2, 0.25) is 15.9 Å². The molecular formula is C16H18N2O3S. The number of para-hydroxylation sites is 2. The van der Waals surface area contributed by atoms with Crippen LogP contribution in [0.1, 0.15) is 12.8 Å². The van der Waals surface area contributed by atoms with Gasteiger partial charge in [-0.3, -0.25) is 9.52 Å². The molecule has 2 N–H and O–H groups in total. The van der Waals surface area contributed by atoms with Crippen LogP contribution in [-0.4, -0.2) is 20.1 Å². The lowest BCUT2D eigenvalue weighted by molar-refractivity contribution is -0.116. The van der Waals surface area contributed by atoms with Crippen LogP contribution in [0.15, 0.2) is 60.7 Å². The molecule has 0 aliphatic heterocycles. The first kappa shape index (κ1) is 16.0. The van der Waals surface area contributed by atoms with E-state index in [0.717, 1.165) is 0 Å². The molecule has 2 aromatic rings. The second kappa shape index (κ2) is 7.61. The summed E-state index contributed by atoms with van der Waals surface area (Å²) in [5, 5.41) is 2.72. The van der Waals surface area contributed by atoms with Crippen LogP contribution in [0.2, 0.25) is 0 Å². The molecule has 0 bridgehead atoms. The van der Waals surface area contributed by atoms with E-state index < -0.39 is 10.0 Å². The largest absolute Gasteiger partial charge is 0.326 e. The van der Waals surface area contributed by atoms with Gasteiger partial charge in [-0.1, -0.05) is 36.4 Å². The van der Waals surface area contributed by atoms with Crippen LogP contribution in [0, 0.1) is 0 Å². The molecule has 0 aromatic heterocycles. The van der Waals surface area contributed by atoms with Gasteiger partial charge in [-0.05, 0) is 30.7 Å². The van der Waals surface area contributed by atoms with Crippen molar-refractivity contribution >= 4 is 27.3 Å². The molecule has 0 saturated heterocycles. The van der Waals surface area contributed by atoms with Crippen LogP contribution >= 0.6 is 0 Å². The van der Waals surface area contributed by atoms with Crippen LogP contribution in [-0.2, 0) is 14.8 Å². The summed E-state index contributed by atoms with van der Waals surface area (Å²) in [5.74, 6) is -0.287. The lowest BCUT2D eigenvalue weighted by Gasteiger charge is -2.08. The van der Waals surface area contributed by atoms with Crippen LogP contribution < -0.4 is 10.0 Å². The van der Waals surface area contributed by atoms with Gasteiger partial charge in [-0.2, -0.15) is 0 Å². The molecule has 0 unspecified atom stereocenters. The van der Waals surface area contributed by atoms with Crippen LogP contribution in [0.5, 0.6) is 0 Å². The van der Waals surface area contributed by atoms with E-state index in [1.807, 2.05) is 24.3 Å². The average Bonchev–Trinajstić information content (AvgIpc) is 2.48. The third kappa shape index (κ3) is 5.57. The maximum atomic E-state index is 11.9. The van der Waals surface area contributed by atoms with Crippen LogP contribution in [0.25, 0.3) is 0 Å². The monoisotopic (exact) mass is 318 g/mol. The summed E-state index contributed by atoms with van der Waals surface area (Å²) in [5.41, 5.74) is 1.23. The van der Waals surface area contributed by atoms with Gasteiger partial charge < -0.3 is 5.32 Å². The Labute approximate surface area is 130 Å². The zero-order valence-corrected chi connectivity index (χ0v) is 12.8. The molecule has 0 atom stereocenters. The van der Waals surface area contributed by atoms with Gasteiger partial charge in [0.15, 0.2) is 0 Å². The maximum Gasteiger partial charge on any atom is 0.232 e. The predicted molar refractivity (Wildman–Crippen MR) is 88.2 cm³/mol. The van der Waals surface area contributed by atoms with Crippen molar-refractivity contribution in [2.75, 3.05) is 15.8 Å². The Balaban J connectivity index is 1.76. The second-order valence-electron chi connectivity index (χ2n) is 4.80. The minimum absolute atomic E-state index is 0.0932. The fourth-order valence-corrected chi connectivity index (χ4v) is 3.03. The summed E-state index contributed by atoms with van der Waals surface area (Å²) in [6.45, 7) is 0. The number of amides is 1. The molecule has 5 nitrogen and oxygen atoms in total. The van der Waals surface area contributed by atoms with Gasteiger partial charge in [0, 0.05) is 17.8 Å². The highest BCUT2D eigenvalue weighted by Crippen LogP contribution is 2.10. The summed E-state index contributed by atoms with van der Waals surface area (Å²) in [4.78, 5) is 11.7. The molecule has 6 heteroatoms. The van der Waals surface area contributed by atoms with Crippen molar-refractivity contribution in [2.45, 2.75) is 12.8 Å². The van der Waals surface area contributed by atoms with E-state index in [9.17, 15) is 13.2 Å². The van der Waals surface area contributed by atoms with Gasteiger partial charge in [-0.15, -0.1) is 0 Å². The van der Waals surface area contributed by atoms with E-state index >= 15 is 0 Å². The van der Waals surface area contributed by atoms with Gasteiger partial charge in [0.1, 0.15) is 0 Å². The van der Waals surface area contributed by atoms with Gasteiger partial charge >= 0.3 is 0 Å². The summed E-state index contributed by atoms with van der Waals surface area (Å²) < 4.78 is 26.3. The van der Waals surface area contributed by atoms with Crippen LogP contribution in [0.4, 0.5) is 11.4 Å². The number of carbonyl (C=O) groups excluding carboxylic acids is 1. The zero-order chi connectivity index (χ0) is 15.8. The molecule has 0 aliphatic rings. The average molecular weight is 318 g/mol. The van der Waals surface area contributed by atoms with Crippen molar-refractivity contribution in [1.29, 1.82) is 0 Å². The Hall–Kier alpha value is -2.34. The summed E-state index contributed by atoms with van der Waals surface area (Å²) in [6.07, 6.45) is 0.422. The molecule has 0 aliphatic carbocycles. The number of hydrogen-bond acceptors (Lipinski definition) is 3. The Morgan fingerprint density at radius 1 is 0.864 bits per heavy atom. The third-order valence-electron chi connectivity index (χ3n) is 2.92. The van der Waals surface area contributed by atoms with Crippen molar-refractivity contribution in [2.24, 2.45) is 0 Å². The standard InChI is InChI=1S/C16H18N2O3S/c19-16(17-14-8-3-1-4-9-14)12-7-13-22(20,21)18-15-10-5-2-6-11-15/h1-6,8-11,18H,7,12-13H2,(H,17,19). The Morgan fingerprint density at radius 3 is 2.00 bits per heavy atom. The molecule has 1 amide bonds. The normalized spacial score (nSPS) is 10.9. The van der Waals surface area contributed by atoms with Crippen molar-refractivity contribution in [3.63, 3.8) is 0 Å². The summed E-state index contributed by atoms with van der Waals surface area (Å²) in [7, 11) is -3.43. The topological polar surface area (TPSA) is 75.3 Å². The quantitative estimate of drug-likeness (QED) is 0.824. The molecule has 0 radical (unpaired) electrons. The molecule has 0 spiro atoms. The smallest absolute Gasteiger partial charge is 0.232 e. The Bertz CT molecular complexity index is 701. The molecular weight excluding hydrogens is 300 g/mol. The minimum Gasteiger partial charge on any atom is -0.326 e. The van der Waals surface area contributed by atoms with E-state index in [1.165, 1.54) is 0 Å². The highest BCUT2D eigenvalue weighted by atomic mass is 32.2. The second-order valence-corrected chi connectivity index (χ2v) is 6.65. The lowest BCUT2D eigenvalue weighted by Crippen LogP contribution is -2.19. The fraction of sp³-hybridized carbons (Fsp3) is 0.188. The molecule has 2 rings (SSSR count). The van der Waals surface area contributed by atoms with E-state index in [4.69, 9.17) is 0 Å². The highest BCUT2D eigenvalue weighted by Gasteiger charge is 2.11. The van der Waals surface area contributed by atoms with E-state index in [2.05, 4.69) is 10.0 Å². The molecule has 0 heterocycles. The van der Waals surface area contributed by atoms with Crippen LogP contribution in [0.3, 0.4) is 0 Å². The van der Waals surface area contributed by atoms with Crippen molar-refractivity contribution < 1.29 is 13.2 Å². The van der Waals surface area contributed by atoms with Crippen molar-refractivity contribution in [1.82, 2.24) is 0 Å². The summed E-state index contributed by atoms with van der Waals surface area (Å²) in [6, 6.07) is 17.8. The number of nitrogens with one attached hydrogen (secondary N) is 2. The van der Waals surface area contributed by atoms with Gasteiger partial charge in [0.25, 0.3) is 0 Å². The number of anilines is 2. The molecule has 116 valence electrons.